The van der Waals surface area contributed by atoms with Gasteiger partial charge in [0, 0.05) is 30.8 Å². The summed E-state index contributed by atoms with van der Waals surface area (Å²) in [6.45, 7) is 0. The monoisotopic (exact) mass is 446 g/mol. The van der Waals surface area contributed by atoms with E-state index in [0.717, 1.165) is 31.7 Å². The Hall–Kier alpha value is -2.94. The van der Waals surface area contributed by atoms with Crippen LogP contribution in [0, 0.1) is 10.1 Å². The molecular formula is C22H26N2O6S. The summed E-state index contributed by atoms with van der Waals surface area (Å²) in [6, 6.07) is 10.7. The highest BCUT2D eigenvalue weighted by molar-refractivity contribution is 7.87. The summed E-state index contributed by atoms with van der Waals surface area (Å²) >= 11 is 0. The van der Waals surface area contributed by atoms with Crippen LogP contribution < -0.4 is 4.18 Å². The Kier molecular flexibility index (Phi) is 7.27. The zero-order valence-electron chi connectivity index (χ0n) is 17.4. The number of carbonyl (C=O) groups is 1. The maximum Gasteiger partial charge on any atom is 0.339 e. The molecular weight excluding hydrogens is 420 g/mol. The maximum absolute atomic E-state index is 12.9. The molecule has 1 amide bonds. The topological polar surface area (TPSA) is 107 Å². The zero-order chi connectivity index (χ0) is 22.4. The van der Waals surface area contributed by atoms with Crippen molar-refractivity contribution in [2.75, 3.05) is 7.05 Å². The molecule has 0 bridgehead atoms. The molecule has 0 radical (unpaired) electrons. The maximum atomic E-state index is 12.9. The van der Waals surface area contributed by atoms with Gasteiger partial charge in [0.25, 0.3) is 11.6 Å². The number of rotatable bonds is 6. The Bertz CT molecular complexity index is 1030. The van der Waals surface area contributed by atoms with Gasteiger partial charge in [-0.2, -0.15) is 8.42 Å². The van der Waals surface area contributed by atoms with E-state index in [1.54, 1.807) is 4.90 Å². The lowest BCUT2D eigenvalue weighted by atomic mass is 9.95. The van der Waals surface area contributed by atoms with E-state index >= 15 is 0 Å². The number of benzene rings is 2. The number of nitrogens with zero attached hydrogens (tertiary/aromatic N) is 2. The summed E-state index contributed by atoms with van der Waals surface area (Å²) < 4.78 is 30.0. The van der Waals surface area contributed by atoms with Crippen molar-refractivity contribution in [3.05, 3.63) is 64.2 Å². The van der Waals surface area contributed by atoms with E-state index in [0.29, 0.717) is 5.56 Å². The molecule has 0 atom stereocenters. The van der Waals surface area contributed by atoms with Crippen LogP contribution in [0.15, 0.2) is 53.4 Å². The third-order valence-corrected chi connectivity index (χ3v) is 6.81. The summed E-state index contributed by atoms with van der Waals surface area (Å²) in [7, 11) is -2.43. The Morgan fingerprint density at radius 1 is 1.03 bits per heavy atom. The summed E-state index contributed by atoms with van der Waals surface area (Å²) in [6.07, 6.45) is 7.86. The Morgan fingerprint density at radius 2 is 1.65 bits per heavy atom. The van der Waals surface area contributed by atoms with Gasteiger partial charge in [-0.1, -0.05) is 38.2 Å². The second kappa shape index (κ2) is 9.91. The van der Waals surface area contributed by atoms with E-state index in [-0.39, 0.29) is 28.3 Å². The van der Waals surface area contributed by atoms with Crippen LogP contribution in [0.1, 0.15) is 55.3 Å². The Labute approximate surface area is 182 Å². The Balaban J connectivity index is 1.70. The van der Waals surface area contributed by atoms with Crippen molar-refractivity contribution in [1.82, 2.24) is 4.90 Å². The van der Waals surface area contributed by atoms with Gasteiger partial charge in [-0.25, -0.2) is 0 Å². The van der Waals surface area contributed by atoms with Crippen molar-refractivity contribution in [2.45, 2.75) is 55.9 Å². The molecule has 1 saturated carbocycles. The number of hydrogen-bond donors (Lipinski definition) is 0. The van der Waals surface area contributed by atoms with E-state index in [2.05, 4.69) is 0 Å². The third-order valence-electron chi connectivity index (χ3n) is 5.57. The standard InChI is InChI=1S/C22H26N2O6S/c1-23(18-8-5-3-2-4-6-9-18)22(25)17-12-14-20(15-13-17)30-31(28,29)21-11-7-10-19(16-21)24(26)27/h7,10-16,18H,2-6,8-9H2,1H3. The van der Waals surface area contributed by atoms with Crippen molar-refractivity contribution >= 4 is 21.7 Å². The molecule has 2 aromatic carbocycles. The van der Waals surface area contributed by atoms with Crippen LogP contribution >= 0.6 is 0 Å². The van der Waals surface area contributed by atoms with Crippen molar-refractivity contribution in [2.24, 2.45) is 0 Å². The van der Waals surface area contributed by atoms with Gasteiger partial charge in [-0.3, -0.25) is 14.9 Å². The molecule has 1 fully saturated rings. The molecule has 31 heavy (non-hydrogen) atoms. The van der Waals surface area contributed by atoms with Crippen molar-refractivity contribution in [1.29, 1.82) is 0 Å². The van der Waals surface area contributed by atoms with Gasteiger partial charge in [0.2, 0.25) is 0 Å². The van der Waals surface area contributed by atoms with Crippen LogP contribution in [0.25, 0.3) is 0 Å². The second-order valence-corrected chi connectivity index (χ2v) is 9.28. The molecule has 3 rings (SSSR count). The molecule has 0 unspecified atom stereocenters. The number of carbonyl (C=O) groups excluding carboxylic acids is 1. The number of amides is 1. The summed E-state index contributed by atoms with van der Waals surface area (Å²) in [5.41, 5.74) is 0.104. The summed E-state index contributed by atoms with van der Waals surface area (Å²) in [4.78, 5) is 24.5. The lowest BCUT2D eigenvalue weighted by Crippen LogP contribution is -2.37. The fraction of sp³-hybridized carbons (Fsp3) is 0.409. The van der Waals surface area contributed by atoms with Crippen LogP contribution in [0.4, 0.5) is 5.69 Å². The largest absolute Gasteiger partial charge is 0.379 e. The van der Waals surface area contributed by atoms with Crippen LogP contribution in [0.2, 0.25) is 0 Å². The van der Waals surface area contributed by atoms with E-state index in [1.807, 2.05) is 7.05 Å². The third kappa shape index (κ3) is 5.81. The molecule has 0 heterocycles. The van der Waals surface area contributed by atoms with Gasteiger partial charge in [-0.15, -0.1) is 0 Å². The molecule has 1 aliphatic carbocycles. The fourth-order valence-electron chi connectivity index (χ4n) is 3.77. The number of hydrogen-bond acceptors (Lipinski definition) is 6. The predicted molar refractivity (Wildman–Crippen MR) is 116 cm³/mol. The van der Waals surface area contributed by atoms with Crippen LogP contribution in [-0.2, 0) is 10.1 Å². The van der Waals surface area contributed by atoms with Crippen molar-refractivity contribution in [3.8, 4) is 5.75 Å². The van der Waals surface area contributed by atoms with E-state index in [4.69, 9.17) is 4.18 Å². The van der Waals surface area contributed by atoms with Crippen LogP contribution in [0.5, 0.6) is 5.75 Å². The molecule has 0 aliphatic heterocycles. The van der Waals surface area contributed by atoms with Gasteiger partial charge in [0.05, 0.1) is 4.92 Å². The summed E-state index contributed by atoms with van der Waals surface area (Å²) in [5, 5.41) is 10.9. The minimum absolute atomic E-state index is 0.0247. The van der Waals surface area contributed by atoms with Gasteiger partial charge >= 0.3 is 10.1 Å². The predicted octanol–water partition coefficient (Wildman–Crippen LogP) is 4.55. The van der Waals surface area contributed by atoms with E-state index in [9.17, 15) is 23.3 Å². The first-order chi connectivity index (χ1) is 14.8. The molecule has 0 aromatic heterocycles. The highest BCUT2D eigenvalue weighted by Crippen LogP contribution is 2.24. The SMILES string of the molecule is CN(C(=O)c1ccc(OS(=O)(=O)c2cccc([N+](=O)[O-])c2)cc1)C1CCCCCCC1. The first kappa shape index (κ1) is 22.7. The minimum atomic E-state index is -4.24. The highest BCUT2D eigenvalue weighted by atomic mass is 32.2. The number of nitro benzene ring substituents is 1. The van der Waals surface area contributed by atoms with Crippen molar-refractivity contribution in [3.63, 3.8) is 0 Å². The number of nitro groups is 1. The molecule has 1 aliphatic rings. The normalized spacial score (nSPS) is 15.5. The second-order valence-electron chi connectivity index (χ2n) is 7.73. The lowest BCUT2D eigenvalue weighted by Gasteiger charge is -2.30. The first-order valence-electron chi connectivity index (χ1n) is 10.3. The van der Waals surface area contributed by atoms with Crippen molar-refractivity contribution < 1.29 is 22.3 Å². The fourth-order valence-corrected chi connectivity index (χ4v) is 4.74. The van der Waals surface area contributed by atoms with Crippen LogP contribution in [-0.4, -0.2) is 37.2 Å². The molecule has 166 valence electrons. The molecule has 2 aromatic rings. The van der Waals surface area contributed by atoms with Gasteiger partial charge in [0.15, 0.2) is 0 Å². The quantitative estimate of drug-likeness (QED) is 0.366. The van der Waals surface area contributed by atoms with E-state index in [1.165, 1.54) is 61.7 Å². The highest BCUT2D eigenvalue weighted by Gasteiger charge is 2.23. The molecule has 9 heteroatoms. The Morgan fingerprint density at radius 3 is 2.26 bits per heavy atom. The van der Waals surface area contributed by atoms with E-state index < -0.39 is 15.0 Å². The zero-order valence-corrected chi connectivity index (χ0v) is 18.2. The van der Waals surface area contributed by atoms with Crippen LogP contribution in [0.3, 0.4) is 0 Å². The average Bonchev–Trinajstić information content (AvgIpc) is 2.73. The first-order valence-corrected chi connectivity index (χ1v) is 11.7. The van der Waals surface area contributed by atoms with Gasteiger partial charge < -0.3 is 9.08 Å². The minimum Gasteiger partial charge on any atom is -0.379 e. The number of non-ortho nitro benzene ring substituents is 1. The molecule has 0 spiro atoms. The molecule has 0 N–H and O–H groups in total. The molecule has 0 saturated heterocycles. The smallest absolute Gasteiger partial charge is 0.339 e. The van der Waals surface area contributed by atoms with Gasteiger partial charge in [0.1, 0.15) is 10.6 Å². The average molecular weight is 447 g/mol. The van der Waals surface area contributed by atoms with Gasteiger partial charge in [-0.05, 0) is 43.2 Å². The molecule has 8 nitrogen and oxygen atoms in total. The summed E-state index contributed by atoms with van der Waals surface area (Å²) in [5.74, 6) is -0.0877. The lowest BCUT2D eigenvalue weighted by molar-refractivity contribution is -0.385.